The number of rotatable bonds is 10. The Labute approximate surface area is 199 Å². The number of nitrogens with one attached hydrogen (secondary N) is 1. The molecule has 0 bridgehead atoms. The third-order valence-corrected chi connectivity index (χ3v) is 6.19. The Morgan fingerprint density at radius 1 is 1.24 bits per heavy atom. The van der Waals surface area contributed by atoms with Gasteiger partial charge in [0.05, 0.1) is 18.2 Å². The minimum Gasteiger partial charge on any atom is -0.496 e. The van der Waals surface area contributed by atoms with E-state index in [2.05, 4.69) is 34.0 Å². The first kappa shape index (κ1) is 25.4. The first-order valence-electron chi connectivity index (χ1n) is 11.6. The number of anilines is 2. The molecule has 3 rings (SSSR count). The first-order chi connectivity index (χ1) is 16.4. The van der Waals surface area contributed by atoms with E-state index in [0.717, 1.165) is 38.5 Å². The van der Waals surface area contributed by atoms with Gasteiger partial charge in [-0.05, 0) is 44.1 Å². The molecule has 0 spiro atoms. The number of hydrogen-bond donors (Lipinski definition) is 2. The van der Waals surface area contributed by atoms with Crippen LogP contribution in [0.25, 0.3) is 0 Å². The van der Waals surface area contributed by atoms with Crippen LogP contribution in [0.4, 0.5) is 16.2 Å². The Morgan fingerprint density at radius 2 is 1.94 bits per heavy atom. The van der Waals surface area contributed by atoms with Crippen molar-refractivity contribution in [1.29, 1.82) is 0 Å². The predicted octanol–water partition coefficient (Wildman–Crippen LogP) is 2.57. The number of nitrogens with zero attached hydrogens (tertiary/aromatic N) is 4. The molecule has 1 saturated heterocycles. The number of nitrogen functional groups attached to an aromatic ring is 1. The highest BCUT2D eigenvalue weighted by atomic mass is 19.1. The zero-order chi connectivity index (χ0) is 24.7. The first-order valence-corrected chi connectivity index (χ1v) is 11.6. The van der Waals surface area contributed by atoms with Crippen LogP contribution in [0.3, 0.4) is 0 Å². The Kier molecular flexibility index (Phi) is 8.75. The number of benzene rings is 1. The van der Waals surface area contributed by atoms with E-state index in [9.17, 15) is 14.0 Å². The van der Waals surface area contributed by atoms with Crippen LogP contribution in [0.5, 0.6) is 5.75 Å². The minimum atomic E-state index is -0.556. The number of carbonyl (C=O) groups is 2. The van der Waals surface area contributed by atoms with E-state index in [0.29, 0.717) is 25.5 Å². The van der Waals surface area contributed by atoms with Crippen molar-refractivity contribution < 1.29 is 18.7 Å². The van der Waals surface area contributed by atoms with E-state index in [1.165, 1.54) is 25.4 Å². The molecule has 0 radical (unpaired) electrons. The molecule has 1 aliphatic rings. The number of likely N-dealkylation sites (tertiary alicyclic amines) is 1. The van der Waals surface area contributed by atoms with Crippen LogP contribution in [-0.4, -0.2) is 77.3 Å². The summed E-state index contributed by atoms with van der Waals surface area (Å²) in [7, 11) is 1.40. The molecule has 0 atom stereocenters. The lowest BCUT2D eigenvalue weighted by atomic mass is 10.0. The number of methoxy groups -OCH3 is 1. The lowest BCUT2D eigenvalue weighted by Gasteiger charge is -2.33. The van der Waals surface area contributed by atoms with Gasteiger partial charge in [0, 0.05) is 38.3 Å². The number of piperidine rings is 1. The average Bonchev–Trinajstić information content (AvgIpc) is 2.84. The number of hydrogen-bond acceptors (Lipinski definition) is 8. The van der Waals surface area contributed by atoms with Gasteiger partial charge in [-0.1, -0.05) is 13.8 Å². The standard InChI is InChI=1S/C24H33FN6O3/c1-4-30(5-2)11-10-21(32)31-12-8-17(9-13-31)28-24-27-15-19(23(26)29-24)22(33)18-14-16(25)6-7-20(18)34-3/h6-7,14-15,17H,4-5,8-13H2,1-3H3,(H3,26,27,28,29). The van der Waals surface area contributed by atoms with Gasteiger partial charge in [-0.25, -0.2) is 9.37 Å². The van der Waals surface area contributed by atoms with Crippen LogP contribution >= 0.6 is 0 Å². The summed E-state index contributed by atoms with van der Waals surface area (Å²) in [5.74, 6) is -0.339. The molecule has 9 nitrogen and oxygen atoms in total. The Bertz CT molecular complexity index is 1010. The summed E-state index contributed by atoms with van der Waals surface area (Å²) in [5.41, 5.74) is 6.16. The van der Waals surface area contributed by atoms with Crippen LogP contribution in [0.2, 0.25) is 0 Å². The van der Waals surface area contributed by atoms with Crippen molar-refractivity contribution in [3.05, 3.63) is 41.3 Å². The second-order valence-electron chi connectivity index (χ2n) is 8.24. The third-order valence-electron chi connectivity index (χ3n) is 6.19. The van der Waals surface area contributed by atoms with Crippen LogP contribution < -0.4 is 15.8 Å². The summed E-state index contributed by atoms with van der Waals surface area (Å²) in [6.45, 7) is 8.20. The maximum atomic E-state index is 13.7. The van der Waals surface area contributed by atoms with Crippen LogP contribution in [0, 0.1) is 5.82 Å². The van der Waals surface area contributed by atoms with Crippen LogP contribution in [0.1, 0.15) is 49.0 Å². The van der Waals surface area contributed by atoms with Crippen molar-refractivity contribution in [3.8, 4) is 5.75 Å². The van der Waals surface area contributed by atoms with E-state index in [-0.39, 0.29) is 34.6 Å². The summed E-state index contributed by atoms with van der Waals surface area (Å²) >= 11 is 0. The summed E-state index contributed by atoms with van der Waals surface area (Å²) in [4.78, 5) is 38.0. The monoisotopic (exact) mass is 472 g/mol. The lowest BCUT2D eigenvalue weighted by molar-refractivity contribution is -0.132. The molecule has 0 unspecified atom stereocenters. The van der Waals surface area contributed by atoms with E-state index in [1.54, 1.807) is 0 Å². The highest BCUT2D eigenvalue weighted by molar-refractivity contribution is 6.13. The number of aromatic nitrogens is 2. The number of amides is 1. The second-order valence-corrected chi connectivity index (χ2v) is 8.24. The number of carbonyl (C=O) groups excluding carboxylic acids is 2. The smallest absolute Gasteiger partial charge is 0.224 e. The van der Waals surface area contributed by atoms with E-state index in [4.69, 9.17) is 10.5 Å². The van der Waals surface area contributed by atoms with Crippen molar-refractivity contribution in [1.82, 2.24) is 19.8 Å². The topological polar surface area (TPSA) is 114 Å². The highest BCUT2D eigenvalue weighted by Gasteiger charge is 2.24. The lowest BCUT2D eigenvalue weighted by Crippen LogP contribution is -2.43. The van der Waals surface area contributed by atoms with Gasteiger partial charge in [-0.2, -0.15) is 4.98 Å². The number of ether oxygens (including phenoxy) is 1. The molecule has 3 N–H and O–H groups in total. The summed E-state index contributed by atoms with van der Waals surface area (Å²) < 4.78 is 18.8. The average molecular weight is 473 g/mol. The predicted molar refractivity (Wildman–Crippen MR) is 128 cm³/mol. The van der Waals surface area contributed by atoms with Gasteiger partial charge >= 0.3 is 0 Å². The molecular formula is C24H33FN6O3. The summed E-state index contributed by atoms with van der Waals surface area (Å²) in [6, 6.07) is 3.79. The second kappa shape index (κ2) is 11.7. The molecule has 2 heterocycles. The Hall–Kier alpha value is -3.27. The van der Waals surface area contributed by atoms with Gasteiger partial charge in [0.1, 0.15) is 17.4 Å². The Balaban J connectivity index is 1.57. The molecule has 0 saturated carbocycles. The van der Waals surface area contributed by atoms with E-state index >= 15 is 0 Å². The molecule has 1 amide bonds. The fraction of sp³-hybridized carbons (Fsp3) is 0.500. The zero-order valence-electron chi connectivity index (χ0n) is 20.0. The van der Waals surface area contributed by atoms with Gasteiger partial charge in [-0.3, -0.25) is 9.59 Å². The fourth-order valence-corrected chi connectivity index (χ4v) is 4.05. The van der Waals surface area contributed by atoms with Crippen LogP contribution in [0.15, 0.2) is 24.4 Å². The van der Waals surface area contributed by atoms with Gasteiger partial charge < -0.3 is 25.6 Å². The molecule has 2 aromatic rings. The molecule has 1 fully saturated rings. The SMILES string of the molecule is CCN(CC)CCC(=O)N1CCC(Nc2ncc(C(=O)c3cc(F)ccc3OC)c(N)n2)CC1. The Morgan fingerprint density at radius 3 is 2.56 bits per heavy atom. The molecule has 1 aromatic carbocycles. The maximum Gasteiger partial charge on any atom is 0.224 e. The summed E-state index contributed by atoms with van der Waals surface area (Å²) in [6.07, 6.45) is 3.40. The van der Waals surface area contributed by atoms with Gasteiger partial charge in [-0.15, -0.1) is 0 Å². The molecule has 1 aliphatic heterocycles. The van der Waals surface area contributed by atoms with Gasteiger partial charge in [0.15, 0.2) is 0 Å². The summed E-state index contributed by atoms with van der Waals surface area (Å²) in [5, 5.41) is 3.24. The van der Waals surface area contributed by atoms with Crippen LogP contribution in [-0.2, 0) is 4.79 Å². The number of ketones is 1. The minimum absolute atomic E-state index is 0.00201. The number of nitrogens with two attached hydrogens (primary N) is 1. The maximum absolute atomic E-state index is 13.7. The normalized spacial score (nSPS) is 14.3. The molecular weight excluding hydrogens is 439 g/mol. The fourth-order valence-electron chi connectivity index (χ4n) is 4.05. The van der Waals surface area contributed by atoms with Crippen molar-refractivity contribution in [3.63, 3.8) is 0 Å². The van der Waals surface area contributed by atoms with Crippen molar-refractivity contribution in [2.45, 2.75) is 39.2 Å². The van der Waals surface area contributed by atoms with Gasteiger partial charge in [0.2, 0.25) is 17.6 Å². The molecule has 0 aliphatic carbocycles. The zero-order valence-corrected chi connectivity index (χ0v) is 20.0. The third kappa shape index (κ3) is 6.19. The molecule has 184 valence electrons. The largest absolute Gasteiger partial charge is 0.496 e. The van der Waals surface area contributed by atoms with E-state index < -0.39 is 11.6 Å². The van der Waals surface area contributed by atoms with E-state index in [1.807, 2.05) is 4.90 Å². The van der Waals surface area contributed by atoms with Crippen molar-refractivity contribution in [2.75, 3.05) is 50.9 Å². The van der Waals surface area contributed by atoms with Gasteiger partial charge in [0.25, 0.3) is 0 Å². The molecule has 10 heteroatoms. The number of halogens is 1. The highest BCUT2D eigenvalue weighted by Crippen LogP contribution is 2.25. The van der Waals surface area contributed by atoms with Crippen molar-refractivity contribution in [2.24, 2.45) is 0 Å². The quantitative estimate of drug-likeness (QED) is 0.507. The van der Waals surface area contributed by atoms with Crippen molar-refractivity contribution >= 4 is 23.5 Å². The molecule has 34 heavy (non-hydrogen) atoms. The molecule has 1 aromatic heterocycles.